The number of para-hydroxylation sites is 1. The molecule has 1 aliphatic heterocycles. The van der Waals surface area contributed by atoms with Crippen molar-refractivity contribution in [1.29, 1.82) is 0 Å². The third-order valence-electron chi connectivity index (χ3n) is 4.52. The first-order valence-corrected chi connectivity index (χ1v) is 9.15. The van der Waals surface area contributed by atoms with E-state index in [2.05, 4.69) is 33.6 Å². The molecule has 1 aromatic heterocycles. The Hall–Kier alpha value is -1.98. The molecule has 0 N–H and O–H groups in total. The highest BCUT2D eigenvalue weighted by atomic mass is 16.5. The van der Waals surface area contributed by atoms with Crippen LogP contribution in [-0.2, 0) is 6.54 Å². The Balaban J connectivity index is 1.39. The molecule has 1 aliphatic rings. The summed E-state index contributed by atoms with van der Waals surface area (Å²) < 4.78 is 5.79. The van der Waals surface area contributed by atoms with Gasteiger partial charge in [0.05, 0.1) is 5.69 Å². The average molecular weight is 340 g/mol. The maximum Gasteiger partial charge on any atom is 0.131 e. The first-order valence-electron chi connectivity index (χ1n) is 9.15. The molecule has 0 bridgehead atoms. The van der Waals surface area contributed by atoms with Gasteiger partial charge in [-0.25, -0.2) is 9.97 Å². The molecule has 0 unspecified atom stereocenters. The fraction of sp³-hybridized carbons (Fsp3) is 0.500. The summed E-state index contributed by atoms with van der Waals surface area (Å²) in [6, 6.07) is 12.1. The highest BCUT2D eigenvalue weighted by Crippen LogP contribution is 2.12. The first-order chi connectivity index (χ1) is 12.2. The predicted octanol–water partition coefficient (Wildman–Crippen LogP) is 2.80. The lowest BCUT2D eigenvalue weighted by Crippen LogP contribution is -2.47. The van der Waals surface area contributed by atoms with E-state index in [0.29, 0.717) is 5.92 Å². The van der Waals surface area contributed by atoms with Crippen molar-refractivity contribution in [2.45, 2.75) is 26.3 Å². The predicted molar refractivity (Wildman–Crippen MR) is 99.8 cm³/mol. The van der Waals surface area contributed by atoms with Crippen LogP contribution in [-0.4, -0.2) is 59.1 Å². The van der Waals surface area contributed by atoms with Crippen LogP contribution in [0, 0.1) is 0 Å². The van der Waals surface area contributed by atoms with Gasteiger partial charge in [-0.2, -0.15) is 0 Å². The Labute approximate surface area is 150 Å². The minimum Gasteiger partial charge on any atom is -0.492 e. The number of ether oxygens (including phenoxy) is 1. The molecule has 2 aromatic rings. The van der Waals surface area contributed by atoms with Gasteiger partial charge < -0.3 is 4.74 Å². The number of piperazine rings is 1. The summed E-state index contributed by atoms with van der Waals surface area (Å²) in [5.74, 6) is 2.27. The number of hydrogen-bond donors (Lipinski definition) is 0. The number of rotatable bonds is 7. The van der Waals surface area contributed by atoms with Crippen molar-refractivity contribution in [1.82, 2.24) is 19.8 Å². The van der Waals surface area contributed by atoms with Crippen LogP contribution in [0.15, 0.2) is 42.6 Å². The van der Waals surface area contributed by atoms with Crippen molar-refractivity contribution in [3.63, 3.8) is 0 Å². The molecule has 5 heteroatoms. The van der Waals surface area contributed by atoms with Crippen LogP contribution in [0.25, 0.3) is 0 Å². The van der Waals surface area contributed by atoms with E-state index < -0.39 is 0 Å². The molecule has 1 fully saturated rings. The molecule has 2 heterocycles. The second-order valence-electron chi connectivity index (χ2n) is 6.84. The highest BCUT2D eigenvalue weighted by Gasteiger charge is 2.17. The van der Waals surface area contributed by atoms with E-state index >= 15 is 0 Å². The van der Waals surface area contributed by atoms with Crippen molar-refractivity contribution in [3.8, 4) is 5.75 Å². The molecule has 3 rings (SSSR count). The Bertz CT molecular complexity index is 639. The topological polar surface area (TPSA) is 41.5 Å². The van der Waals surface area contributed by atoms with Crippen molar-refractivity contribution in [2.75, 3.05) is 39.3 Å². The summed E-state index contributed by atoms with van der Waals surface area (Å²) in [6.07, 6.45) is 1.88. The highest BCUT2D eigenvalue weighted by molar-refractivity contribution is 5.20. The molecule has 1 aromatic carbocycles. The van der Waals surface area contributed by atoms with Gasteiger partial charge in [-0.05, 0) is 18.2 Å². The van der Waals surface area contributed by atoms with Gasteiger partial charge in [0.1, 0.15) is 18.2 Å². The van der Waals surface area contributed by atoms with Crippen LogP contribution in [0.1, 0.15) is 31.3 Å². The van der Waals surface area contributed by atoms with Crippen molar-refractivity contribution < 1.29 is 4.74 Å². The zero-order valence-corrected chi connectivity index (χ0v) is 15.3. The number of hydrogen-bond acceptors (Lipinski definition) is 5. The monoisotopic (exact) mass is 340 g/mol. The normalized spacial score (nSPS) is 16.3. The molecule has 0 radical (unpaired) electrons. The van der Waals surface area contributed by atoms with Crippen LogP contribution >= 0.6 is 0 Å². The van der Waals surface area contributed by atoms with Crippen molar-refractivity contribution in [3.05, 3.63) is 54.1 Å². The average Bonchev–Trinajstić information content (AvgIpc) is 2.64. The molecular weight excluding hydrogens is 312 g/mol. The molecule has 134 valence electrons. The van der Waals surface area contributed by atoms with Crippen LogP contribution in [0.5, 0.6) is 5.75 Å². The Morgan fingerprint density at radius 1 is 1.00 bits per heavy atom. The van der Waals surface area contributed by atoms with E-state index in [4.69, 9.17) is 4.74 Å². The third-order valence-corrected chi connectivity index (χ3v) is 4.52. The van der Waals surface area contributed by atoms with Gasteiger partial charge in [0.2, 0.25) is 0 Å². The number of benzene rings is 1. The maximum absolute atomic E-state index is 5.79. The van der Waals surface area contributed by atoms with Crippen molar-refractivity contribution >= 4 is 0 Å². The van der Waals surface area contributed by atoms with Gasteiger partial charge in [-0.15, -0.1) is 0 Å². The van der Waals surface area contributed by atoms with E-state index in [1.165, 1.54) is 0 Å². The van der Waals surface area contributed by atoms with E-state index in [-0.39, 0.29) is 0 Å². The maximum atomic E-state index is 5.79. The molecule has 0 amide bonds. The fourth-order valence-corrected chi connectivity index (χ4v) is 2.99. The smallest absolute Gasteiger partial charge is 0.131 e. The molecule has 0 spiro atoms. The second kappa shape index (κ2) is 8.92. The summed E-state index contributed by atoms with van der Waals surface area (Å²) in [7, 11) is 0. The largest absolute Gasteiger partial charge is 0.492 e. The third kappa shape index (κ3) is 5.51. The summed E-state index contributed by atoms with van der Waals surface area (Å²) in [4.78, 5) is 14.0. The number of aromatic nitrogens is 2. The Kier molecular flexibility index (Phi) is 6.36. The van der Waals surface area contributed by atoms with Gasteiger partial charge in [-0.1, -0.05) is 32.0 Å². The lowest BCUT2D eigenvalue weighted by Gasteiger charge is -2.34. The molecular formula is C20H28N4O. The quantitative estimate of drug-likeness (QED) is 0.775. The Morgan fingerprint density at radius 3 is 2.44 bits per heavy atom. The molecule has 0 aliphatic carbocycles. The van der Waals surface area contributed by atoms with E-state index in [1.54, 1.807) is 0 Å². The molecule has 25 heavy (non-hydrogen) atoms. The van der Waals surface area contributed by atoms with Gasteiger partial charge in [0.25, 0.3) is 0 Å². The molecule has 0 atom stereocenters. The molecule has 5 nitrogen and oxygen atoms in total. The van der Waals surface area contributed by atoms with E-state index in [0.717, 1.165) is 63.1 Å². The lowest BCUT2D eigenvalue weighted by atomic mass is 10.2. The van der Waals surface area contributed by atoms with Crippen molar-refractivity contribution in [2.24, 2.45) is 0 Å². The van der Waals surface area contributed by atoms with Gasteiger partial charge in [0, 0.05) is 51.4 Å². The molecule has 0 saturated carbocycles. The standard InChI is InChI=1S/C20H28N4O/c1-17(2)20-21-9-8-18(22-20)16-24-12-10-23(11-13-24)14-15-25-19-6-4-3-5-7-19/h3-9,17H,10-16H2,1-2H3. The SMILES string of the molecule is CC(C)c1nccc(CN2CCN(CCOc3ccccc3)CC2)n1. The van der Waals surface area contributed by atoms with Gasteiger partial charge in [-0.3, -0.25) is 9.80 Å². The lowest BCUT2D eigenvalue weighted by molar-refractivity contribution is 0.111. The van der Waals surface area contributed by atoms with Crippen LogP contribution in [0.3, 0.4) is 0 Å². The number of nitrogens with zero attached hydrogens (tertiary/aromatic N) is 4. The van der Waals surface area contributed by atoms with Crippen LogP contribution in [0.4, 0.5) is 0 Å². The van der Waals surface area contributed by atoms with Crippen LogP contribution < -0.4 is 4.74 Å². The first kappa shape index (κ1) is 17.8. The summed E-state index contributed by atoms with van der Waals surface area (Å²) >= 11 is 0. The summed E-state index contributed by atoms with van der Waals surface area (Å²) in [5.41, 5.74) is 1.12. The van der Waals surface area contributed by atoms with E-state index in [9.17, 15) is 0 Å². The zero-order valence-electron chi connectivity index (χ0n) is 15.3. The van der Waals surface area contributed by atoms with Gasteiger partial charge in [0.15, 0.2) is 0 Å². The second-order valence-corrected chi connectivity index (χ2v) is 6.84. The summed E-state index contributed by atoms with van der Waals surface area (Å²) in [5, 5.41) is 0. The molecule has 1 saturated heterocycles. The van der Waals surface area contributed by atoms with Gasteiger partial charge >= 0.3 is 0 Å². The fourth-order valence-electron chi connectivity index (χ4n) is 2.99. The summed E-state index contributed by atoms with van der Waals surface area (Å²) in [6.45, 7) is 11.2. The Morgan fingerprint density at radius 2 is 1.72 bits per heavy atom. The minimum absolute atomic E-state index is 0.376. The van der Waals surface area contributed by atoms with Crippen LogP contribution in [0.2, 0.25) is 0 Å². The minimum atomic E-state index is 0.376. The van der Waals surface area contributed by atoms with E-state index in [1.807, 2.05) is 42.6 Å². The zero-order chi connectivity index (χ0) is 17.5.